The van der Waals surface area contributed by atoms with Crippen molar-refractivity contribution in [3.63, 3.8) is 0 Å². The molecule has 2 aromatic heterocycles. The van der Waals surface area contributed by atoms with E-state index >= 15 is 0 Å². The molecule has 6 N–H and O–H groups in total. The Hall–Kier alpha value is -4.12. The van der Waals surface area contributed by atoms with E-state index in [1.165, 1.54) is 0 Å². The van der Waals surface area contributed by atoms with Gasteiger partial charge in [-0.15, -0.1) is 0 Å². The summed E-state index contributed by atoms with van der Waals surface area (Å²) in [5.41, 5.74) is 4.49. The van der Waals surface area contributed by atoms with Crippen molar-refractivity contribution in [3.05, 3.63) is 70.3 Å². The maximum Gasteiger partial charge on any atom is 0.267 e. The molecule has 0 unspecified atom stereocenters. The van der Waals surface area contributed by atoms with E-state index in [0.29, 0.717) is 10.6 Å². The van der Waals surface area contributed by atoms with E-state index in [1.807, 2.05) is 30.3 Å². The number of hydrogen-bond acceptors (Lipinski definition) is 8. The highest BCUT2D eigenvalue weighted by Gasteiger charge is 2.20. The van der Waals surface area contributed by atoms with Crippen LogP contribution in [0.1, 0.15) is 11.1 Å². The summed E-state index contributed by atoms with van der Waals surface area (Å²) in [6, 6.07) is 15.0. The lowest BCUT2D eigenvalue weighted by Gasteiger charge is -2.12. The molecule has 0 aliphatic carbocycles. The molecule has 0 saturated carbocycles. The Kier molecular flexibility index (Phi) is 6.45. The molecule has 9 nitrogen and oxygen atoms in total. The highest BCUT2D eigenvalue weighted by atomic mass is 32.2. The lowest BCUT2D eigenvalue weighted by atomic mass is 9.95. The Morgan fingerprint density at radius 2 is 1.83 bits per heavy atom. The summed E-state index contributed by atoms with van der Waals surface area (Å²) >= 11 is 1.12. The minimum absolute atomic E-state index is 0.130. The van der Waals surface area contributed by atoms with E-state index in [1.54, 1.807) is 24.5 Å². The monoisotopic (exact) mass is 416 g/mol. The largest absolute Gasteiger partial charge is 0.322 e. The van der Waals surface area contributed by atoms with E-state index in [4.69, 9.17) is 11.7 Å². The third-order valence-electron chi connectivity index (χ3n) is 4.25. The Bertz CT molecular complexity index is 1220. The number of amidine groups is 1. The van der Waals surface area contributed by atoms with E-state index < -0.39 is 5.56 Å². The first-order valence-corrected chi connectivity index (χ1v) is 9.59. The predicted octanol–water partition coefficient (Wildman–Crippen LogP) is 1.67. The first-order chi connectivity index (χ1) is 14.6. The van der Waals surface area contributed by atoms with Crippen LogP contribution >= 0.6 is 11.8 Å². The second kappa shape index (κ2) is 9.39. The van der Waals surface area contributed by atoms with Crippen LogP contribution in [0.3, 0.4) is 0 Å². The zero-order chi connectivity index (χ0) is 21.5. The molecular weight excluding hydrogens is 400 g/mol. The second-order valence-corrected chi connectivity index (χ2v) is 6.95. The number of nitriles is 2. The number of aromatic nitrogens is 2. The van der Waals surface area contributed by atoms with Gasteiger partial charge in [0.25, 0.3) is 5.56 Å². The third kappa shape index (κ3) is 4.15. The standard InChI is InChI=1S/C20H16N8OS/c21-8-15-18(13-5-3-12(4-6-13)14-2-1-7-25-10-14)16(9-22)20(26-19(15)29)30-11-17(27-23)28-24/h1-7,10H,11,23-24H2,(H,26,29)(H,27,28). The summed E-state index contributed by atoms with van der Waals surface area (Å²) in [7, 11) is 0. The number of rotatable bonds is 5. The average molecular weight is 416 g/mol. The zero-order valence-corrected chi connectivity index (χ0v) is 16.4. The molecule has 148 valence electrons. The fraction of sp³-hybridized carbons (Fsp3) is 0.0500. The number of hydrogen-bond donors (Lipinski definition) is 4. The summed E-state index contributed by atoms with van der Waals surface area (Å²) in [5.74, 6) is 11.0. The van der Waals surface area contributed by atoms with Gasteiger partial charge >= 0.3 is 0 Å². The van der Waals surface area contributed by atoms with Gasteiger partial charge in [0.2, 0.25) is 0 Å². The molecule has 2 heterocycles. The number of hydrazone groups is 1. The Morgan fingerprint density at radius 3 is 2.40 bits per heavy atom. The van der Waals surface area contributed by atoms with Crippen molar-refractivity contribution < 1.29 is 0 Å². The summed E-state index contributed by atoms with van der Waals surface area (Å²) in [5, 5.41) is 23.1. The number of benzene rings is 1. The third-order valence-corrected chi connectivity index (χ3v) is 5.26. The van der Waals surface area contributed by atoms with Crippen LogP contribution in [0.4, 0.5) is 0 Å². The lowest BCUT2D eigenvalue weighted by molar-refractivity contribution is 0.995. The fourth-order valence-electron chi connectivity index (χ4n) is 2.81. The number of aromatic amines is 1. The van der Waals surface area contributed by atoms with Gasteiger partial charge in [-0.05, 0) is 22.8 Å². The van der Waals surface area contributed by atoms with Crippen molar-refractivity contribution in [3.8, 4) is 34.4 Å². The fourth-order valence-corrected chi connectivity index (χ4v) is 3.71. The highest BCUT2D eigenvalue weighted by molar-refractivity contribution is 8.00. The smallest absolute Gasteiger partial charge is 0.267 e. The average Bonchev–Trinajstić information content (AvgIpc) is 2.80. The molecule has 0 amide bonds. The van der Waals surface area contributed by atoms with Crippen LogP contribution in [-0.2, 0) is 0 Å². The molecule has 0 fully saturated rings. The van der Waals surface area contributed by atoms with Gasteiger partial charge in [0.1, 0.15) is 23.5 Å². The molecule has 0 spiro atoms. The molecule has 3 aromatic rings. The summed E-state index contributed by atoms with van der Waals surface area (Å²) < 4.78 is 0. The quantitative estimate of drug-likeness (QED) is 0.160. The van der Waals surface area contributed by atoms with E-state index in [9.17, 15) is 15.3 Å². The Balaban J connectivity index is 2.10. The first kappa shape index (κ1) is 20.6. The van der Waals surface area contributed by atoms with E-state index in [0.717, 1.165) is 22.9 Å². The minimum atomic E-state index is -0.586. The zero-order valence-electron chi connectivity index (χ0n) is 15.6. The normalized spacial score (nSPS) is 10.8. The van der Waals surface area contributed by atoms with Gasteiger partial charge in [0.15, 0.2) is 0 Å². The van der Waals surface area contributed by atoms with Crippen LogP contribution in [0.15, 0.2) is 63.7 Å². The van der Waals surface area contributed by atoms with Crippen LogP contribution < -0.4 is 22.7 Å². The number of pyridine rings is 2. The van der Waals surface area contributed by atoms with Crippen LogP contribution in [0.5, 0.6) is 0 Å². The van der Waals surface area contributed by atoms with Gasteiger partial charge in [-0.3, -0.25) is 9.78 Å². The minimum Gasteiger partial charge on any atom is -0.322 e. The number of thioether (sulfide) groups is 1. The van der Waals surface area contributed by atoms with Gasteiger partial charge in [0.05, 0.1) is 16.3 Å². The van der Waals surface area contributed by atoms with Crippen molar-refractivity contribution in [2.75, 3.05) is 5.75 Å². The summed E-state index contributed by atoms with van der Waals surface area (Å²) in [6.07, 6.45) is 3.42. The second-order valence-electron chi connectivity index (χ2n) is 5.96. The first-order valence-electron chi connectivity index (χ1n) is 8.60. The molecule has 0 radical (unpaired) electrons. The molecule has 10 heteroatoms. The van der Waals surface area contributed by atoms with Crippen molar-refractivity contribution in [1.82, 2.24) is 15.4 Å². The molecule has 30 heavy (non-hydrogen) atoms. The highest BCUT2D eigenvalue weighted by Crippen LogP contribution is 2.32. The number of nitrogens with one attached hydrogen (secondary N) is 2. The molecular formula is C20H16N8OS. The summed E-state index contributed by atoms with van der Waals surface area (Å²) in [6.45, 7) is 0. The van der Waals surface area contributed by atoms with E-state index in [2.05, 4.69) is 26.6 Å². The van der Waals surface area contributed by atoms with Crippen molar-refractivity contribution in [2.24, 2.45) is 16.8 Å². The SMILES string of the molecule is N#Cc1c(SC/C(=N/N)NN)[nH]c(=O)c(C#N)c1-c1ccc(-c2cccnc2)cc1. The molecule has 0 aliphatic heterocycles. The van der Waals surface area contributed by atoms with Crippen molar-refractivity contribution in [1.29, 1.82) is 10.5 Å². The Morgan fingerprint density at radius 1 is 1.13 bits per heavy atom. The van der Waals surface area contributed by atoms with Gasteiger partial charge in [-0.25, -0.2) is 5.84 Å². The van der Waals surface area contributed by atoms with E-state index in [-0.39, 0.29) is 28.3 Å². The van der Waals surface area contributed by atoms with Gasteiger partial charge in [-0.1, -0.05) is 42.1 Å². The molecule has 0 atom stereocenters. The lowest BCUT2D eigenvalue weighted by Crippen LogP contribution is -2.33. The molecule has 0 aliphatic rings. The molecule has 0 saturated heterocycles. The molecule has 0 bridgehead atoms. The number of nitrogens with two attached hydrogens (primary N) is 2. The number of nitrogens with zero attached hydrogens (tertiary/aromatic N) is 4. The van der Waals surface area contributed by atoms with Crippen LogP contribution in [0.2, 0.25) is 0 Å². The molecule has 1 aromatic carbocycles. The van der Waals surface area contributed by atoms with Gasteiger partial charge in [-0.2, -0.15) is 15.6 Å². The number of H-pyrrole nitrogens is 1. The number of hydrazine groups is 1. The van der Waals surface area contributed by atoms with Crippen molar-refractivity contribution in [2.45, 2.75) is 5.03 Å². The Labute approximate surface area is 176 Å². The topological polar surface area (TPSA) is 170 Å². The van der Waals surface area contributed by atoms with Gasteiger partial charge in [0, 0.05) is 18.0 Å². The maximum absolute atomic E-state index is 12.5. The van der Waals surface area contributed by atoms with Crippen LogP contribution in [-0.4, -0.2) is 21.6 Å². The predicted molar refractivity (Wildman–Crippen MR) is 115 cm³/mol. The molecule has 3 rings (SSSR count). The van der Waals surface area contributed by atoms with Crippen molar-refractivity contribution >= 4 is 17.6 Å². The maximum atomic E-state index is 12.5. The van der Waals surface area contributed by atoms with Crippen LogP contribution in [0, 0.1) is 22.7 Å². The summed E-state index contributed by atoms with van der Waals surface area (Å²) in [4.78, 5) is 19.2. The van der Waals surface area contributed by atoms with Crippen LogP contribution in [0.25, 0.3) is 22.3 Å². The van der Waals surface area contributed by atoms with Gasteiger partial charge < -0.3 is 16.3 Å².